The van der Waals surface area contributed by atoms with Crippen LogP contribution in [0.1, 0.15) is 42.3 Å². The van der Waals surface area contributed by atoms with Gasteiger partial charge >= 0.3 is 5.97 Å². The molecule has 0 aliphatic heterocycles. The number of hydrogen-bond donors (Lipinski definition) is 2. The maximum absolute atomic E-state index is 12.6. The van der Waals surface area contributed by atoms with Crippen molar-refractivity contribution in [1.29, 1.82) is 0 Å². The van der Waals surface area contributed by atoms with Crippen molar-refractivity contribution in [3.63, 3.8) is 0 Å². The lowest BCUT2D eigenvalue weighted by Gasteiger charge is -2.19. The topological polar surface area (TPSA) is 66.4 Å². The van der Waals surface area contributed by atoms with Crippen molar-refractivity contribution in [3.05, 3.63) is 70.7 Å². The number of amides is 1. The smallest absolute Gasteiger partial charge is 0.303 e. The van der Waals surface area contributed by atoms with Crippen LogP contribution in [0.15, 0.2) is 54.6 Å². The highest BCUT2D eigenvalue weighted by atomic mass is 35.5. The highest BCUT2D eigenvalue weighted by Gasteiger charge is 2.45. The lowest BCUT2D eigenvalue weighted by molar-refractivity contribution is -0.137. The molecule has 2 aromatic carbocycles. The van der Waals surface area contributed by atoms with Crippen LogP contribution in [0.4, 0.5) is 0 Å². The van der Waals surface area contributed by atoms with Gasteiger partial charge in [0.2, 0.25) is 5.91 Å². The predicted molar refractivity (Wildman–Crippen MR) is 96.5 cm³/mol. The quantitative estimate of drug-likeness (QED) is 0.781. The van der Waals surface area contributed by atoms with Crippen molar-refractivity contribution in [3.8, 4) is 0 Å². The molecule has 3 atom stereocenters. The predicted octanol–water partition coefficient (Wildman–Crippen LogP) is 4.17. The van der Waals surface area contributed by atoms with Gasteiger partial charge in [-0.05, 0) is 36.0 Å². The Kier molecular flexibility index (Phi) is 5.39. The normalized spacial score (nSPS) is 19.9. The van der Waals surface area contributed by atoms with Crippen molar-refractivity contribution >= 4 is 23.5 Å². The third-order valence-corrected chi connectivity index (χ3v) is 4.94. The van der Waals surface area contributed by atoms with Gasteiger partial charge in [-0.25, -0.2) is 0 Å². The van der Waals surface area contributed by atoms with Crippen LogP contribution >= 0.6 is 11.6 Å². The number of carbonyl (C=O) groups excluding carboxylic acids is 1. The zero-order valence-electron chi connectivity index (χ0n) is 13.7. The van der Waals surface area contributed by atoms with Gasteiger partial charge in [-0.2, -0.15) is 0 Å². The van der Waals surface area contributed by atoms with Crippen LogP contribution in [0.5, 0.6) is 0 Å². The minimum Gasteiger partial charge on any atom is -0.481 e. The van der Waals surface area contributed by atoms with Crippen LogP contribution < -0.4 is 5.32 Å². The second-order valence-electron chi connectivity index (χ2n) is 6.37. The van der Waals surface area contributed by atoms with E-state index in [1.165, 1.54) is 0 Å². The molecule has 2 aromatic rings. The van der Waals surface area contributed by atoms with Crippen LogP contribution in [-0.2, 0) is 9.59 Å². The van der Waals surface area contributed by atoms with Gasteiger partial charge in [0.05, 0.1) is 6.04 Å². The summed E-state index contributed by atoms with van der Waals surface area (Å²) in [4.78, 5) is 23.5. The van der Waals surface area contributed by atoms with E-state index in [1.54, 1.807) is 0 Å². The summed E-state index contributed by atoms with van der Waals surface area (Å²) in [7, 11) is 0. The fraction of sp³-hybridized carbons (Fsp3) is 0.300. The Balaban J connectivity index is 1.67. The molecule has 0 saturated heterocycles. The van der Waals surface area contributed by atoms with Gasteiger partial charge < -0.3 is 10.4 Å². The molecule has 3 rings (SSSR count). The van der Waals surface area contributed by atoms with Crippen LogP contribution in [0.2, 0.25) is 5.02 Å². The zero-order chi connectivity index (χ0) is 17.8. The number of aliphatic carboxylic acids is 1. The summed E-state index contributed by atoms with van der Waals surface area (Å²) in [5, 5.41) is 12.7. The van der Waals surface area contributed by atoms with E-state index in [9.17, 15) is 9.59 Å². The number of carbonyl (C=O) groups is 2. The van der Waals surface area contributed by atoms with Gasteiger partial charge in [0.25, 0.3) is 0 Å². The molecule has 0 bridgehead atoms. The number of rotatable bonds is 7. The van der Waals surface area contributed by atoms with Crippen LogP contribution in [0.25, 0.3) is 0 Å². The summed E-state index contributed by atoms with van der Waals surface area (Å²) in [6.45, 7) is 0. The molecule has 130 valence electrons. The lowest BCUT2D eigenvalue weighted by Crippen LogP contribution is -2.30. The van der Waals surface area contributed by atoms with Gasteiger partial charge in [0.15, 0.2) is 0 Å². The molecule has 1 aliphatic rings. The summed E-state index contributed by atoms with van der Waals surface area (Å²) in [6.07, 6.45) is 1.16. The maximum Gasteiger partial charge on any atom is 0.303 e. The van der Waals surface area contributed by atoms with Crippen molar-refractivity contribution in [1.82, 2.24) is 5.32 Å². The highest BCUT2D eigenvalue weighted by Crippen LogP contribution is 2.49. The molecule has 1 amide bonds. The second kappa shape index (κ2) is 7.70. The molecule has 3 unspecified atom stereocenters. The Hall–Kier alpha value is -2.33. The summed E-state index contributed by atoms with van der Waals surface area (Å²) < 4.78 is 0. The molecule has 0 radical (unpaired) electrons. The van der Waals surface area contributed by atoms with E-state index in [-0.39, 0.29) is 30.2 Å². The van der Waals surface area contributed by atoms with E-state index in [4.69, 9.17) is 16.7 Å². The number of carboxylic acid groups (broad SMARTS) is 1. The molecule has 1 fully saturated rings. The molecule has 2 N–H and O–H groups in total. The molecular weight excluding hydrogens is 338 g/mol. The Labute approximate surface area is 151 Å². The standard InChI is InChI=1S/C20H20ClNO3/c21-17-9-5-4-8-14(17)15-12-16(15)20(25)22-18(10-11-19(23)24)13-6-2-1-3-7-13/h1-9,15-16,18H,10-12H2,(H,22,25)(H,23,24). The summed E-state index contributed by atoms with van der Waals surface area (Å²) in [5.74, 6) is -0.861. The first-order valence-corrected chi connectivity index (χ1v) is 8.75. The molecule has 25 heavy (non-hydrogen) atoms. The molecular formula is C20H20ClNO3. The molecule has 1 aliphatic carbocycles. The van der Waals surface area contributed by atoms with Crippen LogP contribution in [0.3, 0.4) is 0 Å². The fourth-order valence-electron chi connectivity index (χ4n) is 3.16. The van der Waals surface area contributed by atoms with E-state index in [0.29, 0.717) is 11.4 Å². The molecule has 5 heteroatoms. The van der Waals surface area contributed by atoms with Crippen molar-refractivity contribution in [2.45, 2.75) is 31.2 Å². The third-order valence-electron chi connectivity index (χ3n) is 4.60. The van der Waals surface area contributed by atoms with E-state index in [2.05, 4.69) is 5.32 Å². The van der Waals surface area contributed by atoms with E-state index in [1.807, 2.05) is 54.6 Å². The van der Waals surface area contributed by atoms with Crippen molar-refractivity contribution in [2.75, 3.05) is 0 Å². The molecule has 0 spiro atoms. The van der Waals surface area contributed by atoms with Crippen LogP contribution in [0, 0.1) is 5.92 Å². The average molecular weight is 358 g/mol. The first-order valence-electron chi connectivity index (χ1n) is 8.38. The van der Waals surface area contributed by atoms with E-state index in [0.717, 1.165) is 17.5 Å². The maximum atomic E-state index is 12.6. The lowest BCUT2D eigenvalue weighted by atomic mass is 10.0. The Morgan fingerprint density at radius 3 is 2.48 bits per heavy atom. The van der Waals surface area contributed by atoms with Crippen molar-refractivity contribution in [2.24, 2.45) is 5.92 Å². The van der Waals surface area contributed by atoms with Crippen molar-refractivity contribution < 1.29 is 14.7 Å². The van der Waals surface area contributed by atoms with E-state index >= 15 is 0 Å². The minimum atomic E-state index is -0.865. The second-order valence-corrected chi connectivity index (χ2v) is 6.78. The summed E-state index contributed by atoms with van der Waals surface area (Å²) in [5.41, 5.74) is 1.93. The Morgan fingerprint density at radius 2 is 1.80 bits per heavy atom. The van der Waals surface area contributed by atoms with Gasteiger partial charge in [0.1, 0.15) is 0 Å². The fourth-order valence-corrected chi connectivity index (χ4v) is 3.43. The average Bonchev–Trinajstić information content (AvgIpc) is 3.40. The molecule has 0 aromatic heterocycles. The molecule has 1 saturated carbocycles. The summed E-state index contributed by atoms with van der Waals surface area (Å²) >= 11 is 6.22. The number of nitrogens with one attached hydrogen (secondary N) is 1. The zero-order valence-corrected chi connectivity index (χ0v) is 14.4. The monoisotopic (exact) mass is 357 g/mol. The van der Waals surface area contributed by atoms with Gasteiger partial charge in [-0.1, -0.05) is 60.1 Å². The third kappa shape index (κ3) is 4.40. The number of carboxylic acids is 1. The van der Waals surface area contributed by atoms with Gasteiger partial charge in [0, 0.05) is 17.4 Å². The minimum absolute atomic E-state index is 0.0124. The van der Waals surface area contributed by atoms with Gasteiger partial charge in [-0.15, -0.1) is 0 Å². The summed E-state index contributed by atoms with van der Waals surface area (Å²) in [6, 6.07) is 16.8. The highest BCUT2D eigenvalue weighted by molar-refractivity contribution is 6.31. The Morgan fingerprint density at radius 1 is 1.12 bits per heavy atom. The molecule has 4 nitrogen and oxygen atoms in total. The number of hydrogen-bond acceptors (Lipinski definition) is 2. The SMILES string of the molecule is O=C(O)CCC(NC(=O)C1CC1c1ccccc1Cl)c1ccccc1. The molecule has 0 heterocycles. The van der Waals surface area contributed by atoms with Gasteiger partial charge in [-0.3, -0.25) is 9.59 Å². The first kappa shape index (κ1) is 17.5. The number of halogens is 1. The Bertz CT molecular complexity index is 763. The first-order chi connectivity index (χ1) is 12.1. The van der Waals surface area contributed by atoms with Crippen LogP contribution in [-0.4, -0.2) is 17.0 Å². The number of benzene rings is 2. The largest absolute Gasteiger partial charge is 0.481 e. The van der Waals surface area contributed by atoms with E-state index < -0.39 is 5.97 Å².